The summed E-state index contributed by atoms with van der Waals surface area (Å²) < 4.78 is 1.83. The van der Waals surface area contributed by atoms with E-state index in [1.165, 1.54) is 0 Å². The number of hydrogen-bond donors (Lipinski definition) is 1. The average molecular weight is 326 g/mol. The van der Waals surface area contributed by atoms with E-state index < -0.39 is 0 Å². The second-order valence-corrected chi connectivity index (χ2v) is 7.25. The fourth-order valence-electron chi connectivity index (χ4n) is 3.07. The Bertz CT molecular complexity index is 722. The number of benzene rings is 1. The lowest BCUT2D eigenvalue weighted by Crippen LogP contribution is -2.44. The Kier molecular flexibility index (Phi) is 5.43. The van der Waals surface area contributed by atoms with Crippen LogP contribution in [0.25, 0.3) is 5.69 Å². The van der Waals surface area contributed by atoms with E-state index >= 15 is 0 Å². The minimum absolute atomic E-state index is 0.0107. The third-order valence-corrected chi connectivity index (χ3v) is 4.37. The number of aromatic nitrogens is 2. The van der Waals surface area contributed by atoms with Crippen LogP contribution in [-0.4, -0.2) is 39.5 Å². The van der Waals surface area contributed by atoms with Crippen molar-refractivity contribution in [3.63, 3.8) is 0 Å². The highest BCUT2D eigenvalue weighted by atomic mass is 16.3. The maximum atomic E-state index is 9.80. The largest absolute Gasteiger partial charge is 0.395 e. The van der Waals surface area contributed by atoms with Crippen molar-refractivity contribution in [2.24, 2.45) is 5.41 Å². The van der Waals surface area contributed by atoms with Gasteiger partial charge >= 0.3 is 0 Å². The van der Waals surface area contributed by atoms with Crippen LogP contribution in [0.3, 0.4) is 0 Å². The SMILES string of the molecule is Cc1nn(-c2ccccc2)c(CN(C)C(CO)C(C)(C)C)c1C#N. The summed E-state index contributed by atoms with van der Waals surface area (Å²) in [5.74, 6) is 0. The fraction of sp³-hybridized carbons (Fsp3) is 0.474. The molecule has 0 spiro atoms. The highest BCUT2D eigenvalue weighted by Crippen LogP contribution is 2.26. The van der Waals surface area contributed by atoms with Gasteiger partial charge in [0.2, 0.25) is 0 Å². The number of rotatable bonds is 5. The predicted octanol–water partition coefficient (Wildman–Crippen LogP) is 2.89. The molecule has 2 aromatic rings. The van der Waals surface area contributed by atoms with E-state index in [9.17, 15) is 10.4 Å². The number of nitrogens with zero attached hydrogens (tertiary/aromatic N) is 4. The van der Waals surface area contributed by atoms with Crippen LogP contribution in [-0.2, 0) is 6.54 Å². The van der Waals surface area contributed by atoms with Gasteiger partial charge in [0.1, 0.15) is 6.07 Å². The zero-order valence-corrected chi connectivity index (χ0v) is 15.1. The second-order valence-electron chi connectivity index (χ2n) is 7.25. The van der Waals surface area contributed by atoms with Crippen LogP contribution >= 0.6 is 0 Å². The van der Waals surface area contributed by atoms with Gasteiger partial charge < -0.3 is 5.11 Å². The van der Waals surface area contributed by atoms with Crippen molar-refractivity contribution < 1.29 is 5.11 Å². The quantitative estimate of drug-likeness (QED) is 0.917. The molecule has 1 aromatic carbocycles. The topological polar surface area (TPSA) is 65.1 Å². The van der Waals surface area contributed by atoms with Crippen molar-refractivity contribution in [2.75, 3.05) is 13.7 Å². The van der Waals surface area contributed by atoms with Gasteiger partial charge in [0, 0.05) is 12.6 Å². The summed E-state index contributed by atoms with van der Waals surface area (Å²) in [6.07, 6.45) is 0. The standard InChI is InChI=1S/C19H26N4O/c1-14-16(11-20)17(12-22(5)18(13-24)19(2,3)4)23(21-14)15-9-7-6-8-10-15/h6-10,18,24H,12-13H2,1-5H3. The molecule has 0 aliphatic heterocycles. The molecule has 0 saturated carbocycles. The number of aliphatic hydroxyl groups excluding tert-OH is 1. The summed E-state index contributed by atoms with van der Waals surface area (Å²) in [6.45, 7) is 8.79. The van der Waals surface area contributed by atoms with Crippen molar-refractivity contribution >= 4 is 0 Å². The highest BCUT2D eigenvalue weighted by Gasteiger charge is 2.29. The van der Waals surface area contributed by atoms with E-state index in [0.29, 0.717) is 12.1 Å². The zero-order chi connectivity index (χ0) is 17.9. The molecule has 1 N–H and O–H groups in total. The van der Waals surface area contributed by atoms with E-state index in [2.05, 4.69) is 36.8 Å². The monoisotopic (exact) mass is 326 g/mol. The minimum Gasteiger partial charge on any atom is -0.395 e. The first-order valence-electron chi connectivity index (χ1n) is 8.14. The summed E-state index contributed by atoms with van der Waals surface area (Å²) in [5.41, 5.74) is 3.05. The van der Waals surface area contributed by atoms with Gasteiger partial charge in [-0.05, 0) is 31.5 Å². The molecule has 24 heavy (non-hydrogen) atoms. The third-order valence-electron chi connectivity index (χ3n) is 4.37. The molecule has 0 bridgehead atoms. The smallest absolute Gasteiger partial charge is 0.103 e. The molecule has 2 rings (SSSR count). The summed E-state index contributed by atoms with van der Waals surface area (Å²) in [6, 6.07) is 12.1. The second kappa shape index (κ2) is 7.16. The Morgan fingerprint density at radius 2 is 1.92 bits per heavy atom. The van der Waals surface area contributed by atoms with Gasteiger partial charge in [0.25, 0.3) is 0 Å². The van der Waals surface area contributed by atoms with Crippen LogP contribution in [0.4, 0.5) is 0 Å². The minimum atomic E-state index is -0.0665. The number of nitriles is 1. The van der Waals surface area contributed by atoms with Gasteiger partial charge in [-0.25, -0.2) is 4.68 Å². The van der Waals surface area contributed by atoms with Gasteiger partial charge in [-0.1, -0.05) is 39.0 Å². The molecule has 0 aliphatic carbocycles. The molecule has 0 saturated heterocycles. The number of likely N-dealkylation sites (N-methyl/N-ethyl adjacent to an activating group) is 1. The van der Waals surface area contributed by atoms with Crippen molar-refractivity contribution in [2.45, 2.75) is 40.3 Å². The zero-order valence-electron chi connectivity index (χ0n) is 15.1. The fourth-order valence-corrected chi connectivity index (χ4v) is 3.07. The van der Waals surface area contributed by atoms with Gasteiger partial charge in [-0.15, -0.1) is 0 Å². The first-order chi connectivity index (χ1) is 11.3. The van der Waals surface area contributed by atoms with Gasteiger partial charge in [-0.2, -0.15) is 10.4 Å². The van der Waals surface area contributed by atoms with Crippen molar-refractivity contribution in [3.8, 4) is 11.8 Å². The van der Waals surface area contributed by atoms with E-state index in [1.807, 2.05) is 49.0 Å². The van der Waals surface area contributed by atoms with Crippen molar-refractivity contribution in [1.29, 1.82) is 5.26 Å². The van der Waals surface area contributed by atoms with E-state index in [1.54, 1.807) is 0 Å². The molecule has 0 aliphatic rings. The van der Waals surface area contributed by atoms with Gasteiger partial charge in [-0.3, -0.25) is 4.90 Å². The number of para-hydroxylation sites is 1. The first-order valence-corrected chi connectivity index (χ1v) is 8.14. The molecule has 0 amide bonds. The Labute approximate surface area is 144 Å². The first kappa shape index (κ1) is 18.2. The van der Waals surface area contributed by atoms with Gasteiger partial charge in [0.15, 0.2) is 0 Å². The Morgan fingerprint density at radius 1 is 1.29 bits per heavy atom. The van der Waals surface area contributed by atoms with Crippen molar-refractivity contribution in [3.05, 3.63) is 47.3 Å². The van der Waals surface area contributed by atoms with E-state index in [-0.39, 0.29) is 18.1 Å². The molecule has 0 radical (unpaired) electrons. The third kappa shape index (κ3) is 3.66. The highest BCUT2D eigenvalue weighted by molar-refractivity contribution is 5.43. The molecule has 1 atom stereocenters. The molecule has 5 nitrogen and oxygen atoms in total. The number of aryl methyl sites for hydroxylation is 1. The molecule has 1 heterocycles. The predicted molar refractivity (Wildman–Crippen MR) is 94.8 cm³/mol. The van der Waals surface area contributed by atoms with E-state index in [0.717, 1.165) is 17.1 Å². The Balaban J connectivity index is 2.44. The lowest BCUT2D eigenvalue weighted by Gasteiger charge is -2.36. The maximum absolute atomic E-state index is 9.80. The summed E-state index contributed by atoms with van der Waals surface area (Å²) in [5, 5.41) is 23.9. The number of aliphatic hydroxyl groups is 1. The molecular formula is C19H26N4O. The van der Waals surface area contributed by atoms with Crippen LogP contribution in [0.1, 0.15) is 37.7 Å². The summed E-state index contributed by atoms with van der Waals surface area (Å²) in [4.78, 5) is 2.09. The Morgan fingerprint density at radius 3 is 2.42 bits per heavy atom. The van der Waals surface area contributed by atoms with Crippen LogP contribution in [0.2, 0.25) is 0 Å². The van der Waals surface area contributed by atoms with Crippen LogP contribution in [0, 0.1) is 23.7 Å². The maximum Gasteiger partial charge on any atom is 0.103 e. The van der Waals surface area contributed by atoms with Crippen LogP contribution < -0.4 is 0 Å². The van der Waals surface area contributed by atoms with Crippen LogP contribution in [0.15, 0.2) is 30.3 Å². The van der Waals surface area contributed by atoms with Crippen molar-refractivity contribution in [1.82, 2.24) is 14.7 Å². The molecular weight excluding hydrogens is 300 g/mol. The molecule has 1 unspecified atom stereocenters. The molecule has 1 aromatic heterocycles. The summed E-state index contributed by atoms with van der Waals surface area (Å²) >= 11 is 0. The molecule has 0 fully saturated rings. The van der Waals surface area contributed by atoms with Crippen LogP contribution in [0.5, 0.6) is 0 Å². The molecule has 5 heteroatoms. The molecule has 128 valence electrons. The van der Waals surface area contributed by atoms with E-state index in [4.69, 9.17) is 0 Å². The lowest BCUT2D eigenvalue weighted by molar-refractivity contribution is 0.0601. The lowest BCUT2D eigenvalue weighted by atomic mass is 9.86. The Hall–Kier alpha value is -2.16. The average Bonchev–Trinajstić information content (AvgIpc) is 2.83. The summed E-state index contributed by atoms with van der Waals surface area (Å²) in [7, 11) is 1.98. The van der Waals surface area contributed by atoms with Gasteiger partial charge in [0.05, 0.1) is 29.2 Å². The number of hydrogen-bond acceptors (Lipinski definition) is 4. The normalized spacial score (nSPS) is 13.1.